The van der Waals surface area contributed by atoms with Gasteiger partial charge in [-0.1, -0.05) is 13.3 Å². The average Bonchev–Trinajstić information content (AvgIpc) is 3.03. The maximum Gasteiger partial charge on any atom is 0.253 e. The highest BCUT2D eigenvalue weighted by Gasteiger charge is 2.30. The number of amides is 1. The molecule has 1 aliphatic carbocycles. The molecule has 1 atom stereocenters. The van der Waals surface area contributed by atoms with Gasteiger partial charge in [-0.15, -0.1) is 0 Å². The minimum absolute atomic E-state index is 0.143. The van der Waals surface area contributed by atoms with Crippen LogP contribution in [-0.2, 0) is 24.6 Å². The van der Waals surface area contributed by atoms with E-state index in [9.17, 15) is 4.79 Å². The lowest BCUT2D eigenvalue weighted by Crippen LogP contribution is -2.28. The molecule has 4 rings (SSSR count). The third-order valence-electron chi connectivity index (χ3n) is 7.03. The molecular weight excluding hydrogens is 348 g/mol. The molecule has 1 saturated heterocycles. The van der Waals surface area contributed by atoms with Crippen LogP contribution >= 0.6 is 0 Å². The summed E-state index contributed by atoms with van der Waals surface area (Å²) in [5.74, 6) is 1.69. The van der Waals surface area contributed by atoms with Crippen LogP contribution in [-0.4, -0.2) is 42.2 Å². The molecule has 2 aromatic rings. The molecule has 1 unspecified atom stereocenters. The molecule has 0 radical (unpaired) electrons. The maximum atomic E-state index is 12.9. The zero-order valence-electron chi connectivity index (χ0n) is 17.7. The summed E-state index contributed by atoms with van der Waals surface area (Å²) in [6.45, 7) is 4.83. The van der Waals surface area contributed by atoms with Crippen molar-refractivity contribution in [1.82, 2.24) is 9.47 Å². The minimum Gasteiger partial charge on any atom is -0.381 e. The van der Waals surface area contributed by atoms with Gasteiger partial charge in [0.2, 0.25) is 0 Å². The number of hydrogen-bond donors (Lipinski definition) is 0. The second-order valence-electron chi connectivity index (χ2n) is 8.75. The van der Waals surface area contributed by atoms with E-state index in [0.717, 1.165) is 62.8 Å². The number of carbonyl (C=O) groups is 1. The molecular formula is C24H34N2O2. The first kappa shape index (κ1) is 19.5. The highest BCUT2D eigenvalue weighted by atomic mass is 16.5. The summed E-state index contributed by atoms with van der Waals surface area (Å²) < 4.78 is 7.94. The molecule has 1 aromatic heterocycles. The zero-order chi connectivity index (χ0) is 19.7. The van der Waals surface area contributed by atoms with Gasteiger partial charge < -0.3 is 14.2 Å². The van der Waals surface area contributed by atoms with Gasteiger partial charge in [-0.2, -0.15) is 0 Å². The molecule has 4 heteroatoms. The fourth-order valence-electron chi connectivity index (χ4n) is 5.25. The Bertz CT molecular complexity index is 848. The SMILES string of the molecule is CCCCN(C)C(=O)c1ccc2c(c1)c1c(n2C)CCC(C2CCOCC2)C1. The smallest absolute Gasteiger partial charge is 0.253 e. The Morgan fingerprint density at radius 3 is 2.75 bits per heavy atom. The summed E-state index contributed by atoms with van der Waals surface area (Å²) in [5, 5.41) is 1.30. The highest BCUT2D eigenvalue weighted by Crippen LogP contribution is 2.39. The Morgan fingerprint density at radius 2 is 2.00 bits per heavy atom. The van der Waals surface area contributed by atoms with Gasteiger partial charge in [-0.05, 0) is 74.1 Å². The number of aromatic nitrogens is 1. The molecule has 2 heterocycles. The average molecular weight is 383 g/mol. The van der Waals surface area contributed by atoms with Gasteiger partial charge in [0.05, 0.1) is 0 Å². The van der Waals surface area contributed by atoms with Crippen LogP contribution in [0.3, 0.4) is 0 Å². The first-order valence-electron chi connectivity index (χ1n) is 11.0. The van der Waals surface area contributed by atoms with Crippen molar-refractivity contribution in [1.29, 1.82) is 0 Å². The normalized spacial score (nSPS) is 20.3. The van der Waals surface area contributed by atoms with Gasteiger partial charge >= 0.3 is 0 Å². The van der Waals surface area contributed by atoms with Crippen LogP contribution in [0.25, 0.3) is 10.9 Å². The van der Waals surface area contributed by atoms with Crippen molar-refractivity contribution in [2.75, 3.05) is 26.8 Å². The molecule has 1 aliphatic heterocycles. The number of ether oxygens (including phenoxy) is 1. The predicted octanol–water partition coefficient (Wildman–Crippen LogP) is 4.58. The number of fused-ring (bicyclic) bond motifs is 3. The van der Waals surface area contributed by atoms with Crippen molar-refractivity contribution < 1.29 is 9.53 Å². The van der Waals surface area contributed by atoms with Gasteiger partial charge in [0, 0.05) is 56.0 Å². The lowest BCUT2D eigenvalue weighted by Gasteiger charge is -2.33. The number of carbonyl (C=O) groups excluding carboxylic acids is 1. The highest BCUT2D eigenvalue weighted by molar-refractivity contribution is 5.99. The van der Waals surface area contributed by atoms with Crippen LogP contribution in [0.4, 0.5) is 0 Å². The molecule has 0 spiro atoms. The van der Waals surface area contributed by atoms with E-state index >= 15 is 0 Å². The van der Waals surface area contributed by atoms with Crippen molar-refractivity contribution in [3.63, 3.8) is 0 Å². The molecule has 0 bridgehead atoms. The van der Waals surface area contributed by atoms with E-state index in [-0.39, 0.29) is 5.91 Å². The summed E-state index contributed by atoms with van der Waals surface area (Å²) in [5.41, 5.74) is 5.06. The second-order valence-corrected chi connectivity index (χ2v) is 8.75. The Labute approximate surface area is 168 Å². The first-order chi connectivity index (χ1) is 13.6. The van der Waals surface area contributed by atoms with E-state index in [1.54, 1.807) is 0 Å². The minimum atomic E-state index is 0.143. The van der Waals surface area contributed by atoms with Crippen molar-refractivity contribution in [2.24, 2.45) is 18.9 Å². The summed E-state index contributed by atoms with van der Waals surface area (Å²) in [7, 11) is 4.11. The summed E-state index contributed by atoms with van der Waals surface area (Å²) in [6.07, 6.45) is 8.16. The Hall–Kier alpha value is -1.81. The van der Waals surface area contributed by atoms with E-state index in [0.29, 0.717) is 0 Å². The van der Waals surface area contributed by atoms with Crippen molar-refractivity contribution in [3.8, 4) is 0 Å². The molecule has 0 N–H and O–H groups in total. The van der Waals surface area contributed by atoms with Crippen LogP contribution in [0.2, 0.25) is 0 Å². The molecule has 152 valence electrons. The Balaban J connectivity index is 1.63. The largest absolute Gasteiger partial charge is 0.381 e. The molecule has 0 saturated carbocycles. The van der Waals surface area contributed by atoms with E-state index in [4.69, 9.17) is 4.74 Å². The number of hydrogen-bond acceptors (Lipinski definition) is 2. The Morgan fingerprint density at radius 1 is 1.21 bits per heavy atom. The lowest BCUT2D eigenvalue weighted by atomic mass is 9.75. The molecule has 1 fully saturated rings. The van der Waals surface area contributed by atoms with Crippen molar-refractivity contribution in [3.05, 3.63) is 35.0 Å². The fourth-order valence-corrected chi connectivity index (χ4v) is 5.25. The summed E-state index contributed by atoms with van der Waals surface area (Å²) in [6, 6.07) is 6.32. The number of aryl methyl sites for hydroxylation is 1. The van der Waals surface area contributed by atoms with E-state index in [1.165, 1.54) is 41.4 Å². The third-order valence-corrected chi connectivity index (χ3v) is 7.03. The monoisotopic (exact) mass is 382 g/mol. The second kappa shape index (κ2) is 8.28. The Kier molecular flexibility index (Phi) is 5.77. The van der Waals surface area contributed by atoms with E-state index in [1.807, 2.05) is 18.0 Å². The summed E-state index contributed by atoms with van der Waals surface area (Å²) in [4.78, 5) is 14.8. The number of rotatable bonds is 5. The van der Waals surface area contributed by atoms with Gasteiger partial charge in [0.1, 0.15) is 0 Å². The van der Waals surface area contributed by atoms with Gasteiger partial charge in [0.25, 0.3) is 5.91 Å². The van der Waals surface area contributed by atoms with Crippen molar-refractivity contribution in [2.45, 2.75) is 51.9 Å². The van der Waals surface area contributed by atoms with Gasteiger partial charge in [0.15, 0.2) is 0 Å². The quantitative estimate of drug-likeness (QED) is 0.758. The van der Waals surface area contributed by atoms with Crippen molar-refractivity contribution >= 4 is 16.8 Å². The molecule has 4 nitrogen and oxygen atoms in total. The van der Waals surface area contributed by atoms with Gasteiger partial charge in [-0.3, -0.25) is 4.79 Å². The molecule has 28 heavy (non-hydrogen) atoms. The third kappa shape index (κ3) is 3.59. The number of benzene rings is 1. The number of nitrogens with zero attached hydrogens (tertiary/aromatic N) is 2. The van der Waals surface area contributed by atoms with Crippen LogP contribution in [0, 0.1) is 11.8 Å². The van der Waals surface area contributed by atoms with Crippen LogP contribution in [0.15, 0.2) is 18.2 Å². The standard InChI is InChI=1S/C24H34N2O2/c1-4-5-12-25(2)24(27)19-7-9-23-21(16-19)20-15-18(6-8-22(20)26(23)3)17-10-13-28-14-11-17/h7,9,16-18H,4-6,8,10-15H2,1-3H3. The fraction of sp³-hybridized carbons (Fsp3) is 0.625. The van der Waals surface area contributed by atoms with Gasteiger partial charge in [-0.25, -0.2) is 0 Å². The van der Waals surface area contributed by atoms with Crippen LogP contribution in [0.1, 0.15) is 60.6 Å². The zero-order valence-corrected chi connectivity index (χ0v) is 17.7. The predicted molar refractivity (Wildman–Crippen MR) is 114 cm³/mol. The maximum absolute atomic E-state index is 12.9. The molecule has 1 amide bonds. The van der Waals surface area contributed by atoms with E-state index < -0.39 is 0 Å². The number of unbranched alkanes of at least 4 members (excludes halogenated alkanes) is 1. The molecule has 2 aliphatic rings. The summed E-state index contributed by atoms with van der Waals surface area (Å²) >= 11 is 0. The molecule has 1 aromatic carbocycles. The first-order valence-corrected chi connectivity index (χ1v) is 11.0. The van der Waals surface area contributed by atoms with Crippen LogP contribution < -0.4 is 0 Å². The van der Waals surface area contributed by atoms with Crippen LogP contribution in [0.5, 0.6) is 0 Å². The topological polar surface area (TPSA) is 34.5 Å². The lowest BCUT2D eigenvalue weighted by molar-refractivity contribution is 0.0439. The van der Waals surface area contributed by atoms with E-state index in [2.05, 4.69) is 30.7 Å².